The number of aromatic nitrogens is 1. The van der Waals surface area contributed by atoms with Crippen LogP contribution < -0.4 is 5.32 Å². The Bertz CT molecular complexity index is 1270. The van der Waals surface area contributed by atoms with Crippen LogP contribution in [-0.2, 0) is 14.8 Å². The van der Waals surface area contributed by atoms with E-state index in [1.807, 2.05) is 30.3 Å². The van der Waals surface area contributed by atoms with Crippen molar-refractivity contribution in [1.29, 1.82) is 0 Å². The Kier molecular flexibility index (Phi) is 6.97. The Morgan fingerprint density at radius 1 is 0.969 bits per heavy atom. The van der Waals surface area contributed by atoms with E-state index in [-0.39, 0.29) is 21.6 Å². The van der Waals surface area contributed by atoms with Crippen molar-refractivity contribution in [1.82, 2.24) is 9.29 Å². The summed E-state index contributed by atoms with van der Waals surface area (Å²) in [7, 11) is -2.65. The largest absolute Gasteiger partial charge is 0.301 e. The molecule has 0 saturated heterocycles. The number of benzene rings is 2. The summed E-state index contributed by atoms with van der Waals surface area (Å²) in [4.78, 5) is 40.6. The summed E-state index contributed by atoms with van der Waals surface area (Å²) in [5.41, 5.74) is 1.59. The number of carbonyl (C=O) groups excluding carboxylic acids is 3. The first kappa shape index (κ1) is 23.5. The van der Waals surface area contributed by atoms with E-state index in [1.165, 1.54) is 45.2 Å². The molecule has 10 heteroatoms. The Labute approximate surface area is 190 Å². The number of carbonyl (C=O) groups is 3. The third-order valence-electron chi connectivity index (χ3n) is 4.58. The van der Waals surface area contributed by atoms with Gasteiger partial charge >= 0.3 is 0 Å². The van der Waals surface area contributed by atoms with Gasteiger partial charge in [-0.3, -0.25) is 14.4 Å². The number of likely N-dealkylation sites (N-methyl/N-ethyl adjacent to an activating group) is 1. The van der Waals surface area contributed by atoms with Crippen LogP contribution in [0.1, 0.15) is 33.9 Å². The highest BCUT2D eigenvalue weighted by Crippen LogP contribution is 2.31. The molecular formula is C22H21N3O5S2. The maximum atomic E-state index is 12.7. The number of thiazole rings is 1. The second-order valence-electron chi connectivity index (χ2n) is 7.01. The zero-order valence-electron chi connectivity index (χ0n) is 17.7. The summed E-state index contributed by atoms with van der Waals surface area (Å²) in [6, 6.07) is 14.6. The number of hydrogen-bond donors (Lipinski definition) is 1. The molecule has 1 heterocycles. The molecule has 3 rings (SSSR count). The average molecular weight is 472 g/mol. The molecule has 0 unspecified atom stereocenters. The molecule has 0 aliphatic carbocycles. The van der Waals surface area contributed by atoms with Crippen molar-refractivity contribution < 1.29 is 22.8 Å². The van der Waals surface area contributed by atoms with E-state index in [0.29, 0.717) is 16.1 Å². The fraction of sp³-hybridized carbons (Fsp3) is 0.182. The predicted molar refractivity (Wildman–Crippen MR) is 122 cm³/mol. The number of nitrogens with zero attached hydrogens (tertiary/aromatic N) is 2. The first-order chi connectivity index (χ1) is 15.1. The second kappa shape index (κ2) is 9.51. The number of ketones is 2. The van der Waals surface area contributed by atoms with Gasteiger partial charge in [0.15, 0.2) is 16.7 Å². The standard InChI is InChI=1S/C22H21N3O5S2/c1-14(26)16-9-11-18(12-10-16)32(29,30)25(3)13-19(28)23-22-24-20(21(31-22)15(2)27)17-7-5-4-6-8-17/h4-12H,13H2,1-3H3,(H,23,24,28). The van der Waals surface area contributed by atoms with Crippen LogP contribution >= 0.6 is 11.3 Å². The molecule has 3 aromatic rings. The normalized spacial score (nSPS) is 11.4. The summed E-state index contributed by atoms with van der Waals surface area (Å²) in [6.07, 6.45) is 0. The van der Waals surface area contributed by atoms with Crippen LogP contribution in [0.2, 0.25) is 0 Å². The molecule has 1 amide bonds. The third-order valence-corrected chi connectivity index (χ3v) is 7.47. The van der Waals surface area contributed by atoms with E-state index >= 15 is 0 Å². The van der Waals surface area contributed by atoms with Crippen molar-refractivity contribution in [2.45, 2.75) is 18.7 Å². The van der Waals surface area contributed by atoms with E-state index in [1.54, 1.807) is 0 Å². The van der Waals surface area contributed by atoms with E-state index in [4.69, 9.17) is 0 Å². The highest BCUT2D eigenvalue weighted by atomic mass is 32.2. The molecule has 0 aliphatic rings. The monoisotopic (exact) mass is 471 g/mol. The first-order valence-electron chi connectivity index (χ1n) is 9.54. The van der Waals surface area contributed by atoms with E-state index in [2.05, 4.69) is 10.3 Å². The lowest BCUT2D eigenvalue weighted by Crippen LogP contribution is -2.35. The lowest BCUT2D eigenvalue weighted by Gasteiger charge is -2.16. The van der Waals surface area contributed by atoms with Crippen LogP contribution in [0.4, 0.5) is 5.13 Å². The number of rotatable bonds is 8. The van der Waals surface area contributed by atoms with Crippen LogP contribution in [0.15, 0.2) is 59.5 Å². The topological polar surface area (TPSA) is 114 Å². The highest BCUT2D eigenvalue weighted by molar-refractivity contribution is 7.89. The molecule has 1 N–H and O–H groups in total. The Balaban J connectivity index is 1.75. The van der Waals surface area contributed by atoms with Crippen LogP contribution in [0.3, 0.4) is 0 Å². The van der Waals surface area contributed by atoms with Crippen LogP contribution in [-0.4, -0.2) is 48.8 Å². The SMILES string of the molecule is CC(=O)c1ccc(S(=O)(=O)N(C)CC(=O)Nc2nc(-c3ccccc3)c(C(C)=O)s2)cc1. The van der Waals surface area contributed by atoms with E-state index < -0.39 is 22.5 Å². The smallest absolute Gasteiger partial charge is 0.243 e. The number of sulfonamides is 1. The summed E-state index contributed by atoms with van der Waals surface area (Å²) < 4.78 is 26.4. The maximum Gasteiger partial charge on any atom is 0.243 e. The summed E-state index contributed by atoms with van der Waals surface area (Å²) in [6.45, 7) is 2.36. The van der Waals surface area contributed by atoms with Gasteiger partial charge in [0.25, 0.3) is 0 Å². The van der Waals surface area contributed by atoms with Crippen LogP contribution in [0.25, 0.3) is 11.3 Å². The zero-order chi connectivity index (χ0) is 23.5. The van der Waals surface area contributed by atoms with Crippen molar-refractivity contribution >= 4 is 44.0 Å². The minimum atomic E-state index is -3.94. The van der Waals surface area contributed by atoms with Gasteiger partial charge in [-0.2, -0.15) is 4.31 Å². The van der Waals surface area contributed by atoms with Gasteiger partial charge < -0.3 is 5.32 Å². The molecule has 0 aliphatic heterocycles. The predicted octanol–water partition coefficient (Wildman–Crippen LogP) is 3.47. The summed E-state index contributed by atoms with van der Waals surface area (Å²) in [5, 5.41) is 2.78. The van der Waals surface area contributed by atoms with Crippen LogP contribution in [0, 0.1) is 0 Å². The van der Waals surface area contributed by atoms with E-state index in [0.717, 1.165) is 21.2 Å². The number of Topliss-reactive ketones (excluding diaryl/α,β-unsaturated/α-hetero) is 2. The van der Waals surface area contributed by atoms with Crippen molar-refractivity contribution in [3.05, 3.63) is 65.0 Å². The van der Waals surface area contributed by atoms with Crippen molar-refractivity contribution in [2.75, 3.05) is 18.9 Å². The summed E-state index contributed by atoms with van der Waals surface area (Å²) in [5.74, 6) is -0.958. The Morgan fingerprint density at radius 3 is 2.16 bits per heavy atom. The number of anilines is 1. The molecule has 32 heavy (non-hydrogen) atoms. The molecule has 2 aromatic carbocycles. The molecule has 1 aromatic heterocycles. The molecule has 166 valence electrons. The van der Waals surface area contributed by atoms with Gasteiger partial charge in [0.2, 0.25) is 15.9 Å². The van der Waals surface area contributed by atoms with Gasteiger partial charge in [-0.25, -0.2) is 13.4 Å². The molecule has 0 radical (unpaired) electrons. The van der Waals surface area contributed by atoms with Gasteiger partial charge in [-0.15, -0.1) is 0 Å². The highest BCUT2D eigenvalue weighted by Gasteiger charge is 2.24. The van der Waals surface area contributed by atoms with E-state index in [9.17, 15) is 22.8 Å². The molecule has 0 spiro atoms. The lowest BCUT2D eigenvalue weighted by molar-refractivity contribution is -0.116. The molecular weight excluding hydrogens is 450 g/mol. The average Bonchev–Trinajstić information content (AvgIpc) is 3.18. The summed E-state index contributed by atoms with van der Waals surface area (Å²) >= 11 is 1.03. The number of hydrogen-bond acceptors (Lipinski definition) is 7. The molecule has 0 saturated carbocycles. The Hall–Kier alpha value is -3.21. The Morgan fingerprint density at radius 2 is 1.59 bits per heavy atom. The molecule has 0 atom stereocenters. The zero-order valence-corrected chi connectivity index (χ0v) is 19.3. The second-order valence-corrected chi connectivity index (χ2v) is 10.1. The fourth-order valence-electron chi connectivity index (χ4n) is 2.89. The maximum absolute atomic E-state index is 12.7. The van der Waals surface area contributed by atoms with Gasteiger partial charge in [0.05, 0.1) is 22.0 Å². The minimum absolute atomic E-state index is 0.0303. The molecule has 0 fully saturated rings. The van der Waals surface area contributed by atoms with Crippen LogP contribution in [0.5, 0.6) is 0 Å². The fourth-order valence-corrected chi connectivity index (χ4v) is 4.92. The van der Waals surface area contributed by atoms with Gasteiger partial charge in [-0.05, 0) is 19.1 Å². The minimum Gasteiger partial charge on any atom is -0.301 e. The van der Waals surface area contributed by atoms with Crippen molar-refractivity contribution in [2.24, 2.45) is 0 Å². The van der Waals surface area contributed by atoms with Gasteiger partial charge in [0.1, 0.15) is 0 Å². The van der Waals surface area contributed by atoms with Gasteiger partial charge in [0, 0.05) is 25.1 Å². The number of amides is 1. The lowest BCUT2D eigenvalue weighted by atomic mass is 10.1. The quantitative estimate of drug-likeness (QED) is 0.503. The first-order valence-corrected chi connectivity index (χ1v) is 11.8. The van der Waals surface area contributed by atoms with Gasteiger partial charge in [-0.1, -0.05) is 53.8 Å². The molecule has 8 nitrogen and oxygen atoms in total. The third kappa shape index (κ3) is 5.16. The van der Waals surface area contributed by atoms with Crippen molar-refractivity contribution in [3.8, 4) is 11.3 Å². The molecule has 0 bridgehead atoms. The van der Waals surface area contributed by atoms with Crippen molar-refractivity contribution in [3.63, 3.8) is 0 Å². The number of nitrogens with one attached hydrogen (secondary N) is 1.